The summed E-state index contributed by atoms with van der Waals surface area (Å²) in [6.45, 7) is 9.47. The summed E-state index contributed by atoms with van der Waals surface area (Å²) in [6.07, 6.45) is 3.67. The van der Waals surface area contributed by atoms with E-state index in [2.05, 4.69) is 43.9 Å². The molecule has 0 saturated carbocycles. The number of benzene rings is 1. The van der Waals surface area contributed by atoms with Gasteiger partial charge in [-0.25, -0.2) is 0 Å². The van der Waals surface area contributed by atoms with Gasteiger partial charge in [-0.3, -0.25) is 4.90 Å². The van der Waals surface area contributed by atoms with Crippen LogP contribution in [0.5, 0.6) is 5.75 Å². The van der Waals surface area contributed by atoms with E-state index in [4.69, 9.17) is 10.5 Å². The highest BCUT2D eigenvalue weighted by Gasteiger charge is 2.13. The number of ether oxygens (including phenoxy) is 1. The maximum Gasteiger partial charge on any atom is 0.123 e. The summed E-state index contributed by atoms with van der Waals surface area (Å²) < 4.78 is 5.43. The van der Waals surface area contributed by atoms with Crippen molar-refractivity contribution in [2.75, 3.05) is 13.7 Å². The molecule has 1 rings (SSSR count). The molecule has 0 fully saturated rings. The van der Waals surface area contributed by atoms with Gasteiger partial charge in [0.15, 0.2) is 0 Å². The van der Waals surface area contributed by atoms with Gasteiger partial charge in [-0.15, -0.1) is 0 Å². The van der Waals surface area contributed by atoms with Crippen LogP contribution in [0.2, 0.25) is 0 Å². The van der Waals surface area contributed by atoms with Crippen molar-refractivity contribution in [3.05, 3.63) is 29.3 Å². The van der Waals surface area contributed by atoms with Gasteiger partial charge >= 0.3 is 0 Å². The van der Waals surface area contributed by atoms with Gasteiger partial charge < -0.3 is 10.5 Å². The average Bonchev–Trinajstić information content (AvgIpc) is 2.50. The smallest absolute Gasteiger partial charge is 0.123 e. The second-order valence-electron chi connectivity index (χ2n) is 5.43. The van der Waals surface area contributed by atoms with Crippen LogP contribution in [0.25, 0.3) is 0 Å². The van der Waals surface area contributed by atoms with Crippen molar-refractivity contribution in [1.82, 2.24) is 4.90 Å². The Kier molecular flexibility index (Phi) is 7.63. The Morgan fingerprint density at radius 2 is 2.05 bits per heavy atom. The van der Waals surface area contributed by atoms with Crippen LogP contribution in [0.4, 0.5) is 0 Å². The summed E-state index contributed by atoms with van der Waals surface area (Å²) in [5.74, 6) is 0.907. The van der Waals surface area contributed by atoms with E-state index >= 15 is 0 Å². The minimum Gasteiger partial charge on any atom is -0.496 e. The molecule has 0 aromatic heterocycles. The van der Waals surface area contributed by atoms with Crippen molar-refractivity contribution < 1.29 is 4.74 Å². The van der Waals surface area contributed by atoms with Gasteiger partial charge in [0.2, 0.25) is 0 Å². The average molecular weight is 278 g/mol. The summed E-state index contributed by atoms with van der Waals surface area (Å²) in [6, 6.07) is 7.00. The van der Waals surface area contributed by atoms with Gasteiger partial charge in [0.05, 0.1) is 7.11 Å². The summed E-state index contributed by atoms with van der Waals surface area (Å²) in [4.78, 5) is 2.56. The minimum atomic E-state index is 0.522. The molecule has 0 bridgehead atoms. The lowest BCUT2D eigenvalue weighted by Gasteiger charge is -2.28. The number of hydrogen-bond donors (Lipinski definition) is 1. The molecule has 0 aliphatic heterocycles. The van der Waals surface area contributed by atoms with Crippen molar-refractivity contribution in [1.29, 1.82) is 0 Å². The lowest BCUT2D eigenvalue weighted by molar-refractivity contribution is 0.192. The van der Waals surface area contributed by atoms with Crippen LogP contribution in [0, 0.1) is 0 Å². The highest BCUT2D eigenvalue weighted by molar-refractivity contribution is 5.37. The Bertz CT molecular complexity index is 393. The molecule has 0 spiro atoms. The Balaban J connectivity index is 2.81. The van der Waals surface area contributed by atoms with E-state index in [1.807, 2.05) is 0 Å². The first kappa shape index (κ1) is 17.0. The Hall–Kier alpha value is -1.06. The second kappa shape index (κ2) is 8.98. The predicted octanol–water partition coefficient (Wildman–Crippen LogP) is 3.55. The molecule has 2 N–H and O–H groups in total. The van der Waals surface area contributed by atoms with E-state index in [1.54, 1.807) is 7.11 Å². The van der Waals surface area contributed by atoms with Crippen LogP contribution in [0.15, 0.2) is 18.2 Å². The van der Waals surface area contributed by atoms with Crippen molar-refractivity contribution in [2.45, 2.75) is 59.2 Å². The maximum absolute atomic E-state index is 5.72. The number of unbranched alkanes of at least 4 members (excludes halogenated alkanes) is 1. The predicted molar refractivity (Wildman–Crippen MR) is 86.0 cm³/mol. The molecule has 3 heteroatoms. The molecule has 0 radical (unpaired) electrons. The highest BCUT2D eigenvalue weighted by atomic mass is 16.5. The van der Waals surface area contributed by atoms with Crippen molar-refractivity contribution in [3.63, 3.8) is 0 Å². The standard InChI is InChI=1S/C17H30N2O/c1-5-7-10-19(14(3)6-2)13-15-8-9-16(12-18)17(11-15)20-4/h8-9,11,14H,5-7,10,12-13,18H2,1-4H3. The highest BCUT2D eigenvalue weighted by Crippen LogP contribution is 2.21. The molecule has 114 valence electrons. The van der Waals surface area contributed by atoms with Crippen molar-refractivity contribution >= 4 is 0 Å². The van der Waals surface area contributed by atoms with Gasteiger partial charge in [0, 0.05) is 24.7 Å². The van der Waals surface area contributed by atoms with E-state index in [0.29, 0.717) is 12.6 Å². The normalized spacial score (nSPS) is 12.7. The minimum absolute atomic E-state index is 0.522. The molecule has 3 nitrogen and oxygen atoms in total. The Morgan fingerprint density at radius 3 is 2.60 bits per heavy atom. The molecule has 0 saturated heterocycles. The fourth-order valence-corrected chi connectivity index (χ4v) is 2.37. The zero-order valence-electron chi connectivity index (χ0n) is 13.5. The third-order valence-electron chi connectivity index (χ3n) is 3.97. The molecule has 0 amide bonds. The largest absolute Gasteiger partial charge is 0.496 e. The zero-order valence-corrected chi connectivity index (χ0v) is 13.5. The van der Waals surface area contributed by atoms with Gasteiger partial charge in [-0.05, 0) is 37.9 Å². The summed E-state index contributed by atoms with van der Waals surface area (Å²) >= 11 is 0. The quantitative estimate of drug-likeness (QED) is 0.750. The van der Waals surface area contributed by atoms with E-state index < -0.39 is 0 Å². The number of hydrogen-bond acceptors (Lipinski definition) is 3. The van der Waals surface area contributed by atoms with E-state index in [-0.39, 0.29) is 0 Å². The first-order valence-electron chi connectivity index (χ1n) is 7.76. The van der Waals surface area contributed by atoms with E-state index in [0.717, 1.165) is 24.4 Å². The Labute approximate surface area is 124 Å². The zero-order chi connectivity index (χ0) is 15.0. The van der Waals surface area contributed by atoms with Crippen LogP contribution in [0.3, 0.4) is 0 Å². The number of nitrogens with two attached hydrogens (primary N) is 1. The SMILES string of the molecule is CCCCN(Cc1ccc(CN)c(OC)c1)C(C)CC. The number of nitrogens with zero attached hydrogens (tertiary/aromatic N) is 1. The molecular weight excluding hydrogens is 248 g/mol. The molecule has 1 aromatic rings. The van der Waals surface area contributed by atoms with Crippen LogP contribution in [-0.2, 0) is 13.1 Å². The fraction of sp³-hybridized carbons (Fsp3) is 0.647. The molecule has 1 unspecified atom stereocenters. The molecule has 0 heterocycles. The second-order valence-corrected chi connectivity index (χ2v) is 5.43. The molecule has 0 aliphatic carbocycles. The van der Waals surface area contributed by atoms with Gasteiger partial charge in [-0.2, -0.15) is 0 Å². The van der Waals surface area contributed by atoms with Gasteiger partial charge in [0.25, 0.3) is 0 Å². The van der Waals surface area contributed by atoms with Gasteiger partial charge in [0.1, 0.15) is 5.75 Å². The van der Waals surface area contributed by atoms with E-state index in [1.165, 1.54) is 24.8 Å². The monoisotopic (exact) mass is 278 g/mol. The third kappa shape index (κ3) is 4.80. The first-order chi connectivity index (χ1) is 9.65. The molecular formula is C17H30N2O. The van der Waals surface area contributed by atoms with Crippen LogP contribution < -0.4 is 10.5 Å². The fourth-order valence-electron chi connectivity index (χ4n) is 2.37. The van der Waals surface area contributed by atoms with Crippen LogP contribution in [-0.4, -0.2) is 24.6 Å². The van der Waals surface area contributed by atoms with Gasteiger partial charge in [-0.1, -0.05) is 32.4 Å². The summed E-state index contributed by atoms with van der Waals surface area (Å²) in [5, 5.41) is 0. The molecule has 20 heavy (non-hydrogen) atoms. The number of methoxy groups -OCH3 is 1. The van der Waals surface area contributed by atoms with Crippen LogP contribution in [0.1, 0.15) is 51.2 Å². The lowest BCUT2D eigenvalue weighted by Crippen LogP contribution is -2.33. The van der Waals surface area contributed by atoms with Crippen LogP contribution >= 0.6 is 0 Å². The topological polar surface area (TPSA) is 38.5 Å². The summed E-state index contributed by atoms with van der Waals surface area (Å²) in [7, 11) is 1.71. The maximum atomic E-state index is 5.72. The van der Waals surface area contributed by atoms with Crippen molar-refractivity contribution in [3.8, 4) is 5.75 Å². The first-order valence-corrected chi connectivity index (χ1v) is 7.76. The molecule has 0 aliphatic rings. The third-order valence-corrected chi connectivity index (χ3v) is 3.97. The Morgan fingerprint density at radius 1 is 1.30 bits per heavy atom. The summed E-state index contributed by atoms with van der Waals surface area (Å²) in [5.41, 5.74) is 8.09. The molecule has 1 aromatic carbocycles. The molecule has 1 atom stereocenters. The van der Waals surface area contributed by atoms with Crippen molar-refractivity contribution in [2.24, 2.45) is 5.73 Å². The van der Waals surface area contributed by atoms with E-state index in [9.17, 15) is 0 Å². The lowest BCUT2D eigenvalue weighted by atomic mass is 10.1. The number of rotatable bonds is 9.